The molecule has 2 aromatic heterocycles. The standard InChI is InChI=1S/C18H21N3O2/c1-10-7-13(8-11(2)12(10)3)16-19-20-17(22-16)14-9-15(23-21-14)18(4,5)6/h7-9H,1-6H3. The maximum atomic E-state index is 5.79. The summed E-state index contributed by atoms with van der Waals surface area (Å²) in [5, 5.41) is 12.3. The Hall–Kier alpha value is -2.43. The van der Waals surface area contributed by atoms with Crippen LogP contribution in [0.1, 0.15) is 43.2 Å². The molecule has 0 N–H and O–H groups in total. The van der Waals surface area contributed by atoms with Gasteiger partial charge in [-0.05, 0) is 49.6 Å². The van der Waals surface area contributed by atoms with Gasteiger partial charge in [0.2, 0.25) is 5.89 Å². The van der Waals surface area contributed by atoms with Crippen LogP contribution in [0.4, 0.5) is 0 Å². The average molecular weight is 311 g/mol. The van der Waals surface area contributed by atoms with Gasteiger partial charge in [0.05, 0.1) is 0 Å². The zero-order chi connectivity index (χ0) is 16.8. The first-order valence-electron chi connectivity index (χ1n) is 7.65. The van der Waals surface area contributed by atoms with Crippen LogP contribution in [-0.4, -0.2) is 15.4 Å². The van der Waals surface area contributed by atoms with Gasteiger partial charge in [-0.15, -0.1) is 10.2 Å². The molecule has 0 aliphatic heterocycles. The molecule has 0 saturated heterocycles. The van der Waals surface area contributed by atoms with Gasteiger partial charge in [-0.1, -0.05) is 25.9 Å². The fourth-order valence-corrected chi connectivity index (χ4v) is 2.33. The minimum atomic E-state index is -0.112. The number of hydrogen-bond donors (Lipinski definition) is 0. The van der Waals surface area contributed by atoms with Crippen LogP contribution in [0.25, 0.3) is 23.0 Å². The third-order valence-corrected chi connectivity index (χ3v) is 4.07. The molecule has 0 saturated carbocycles. The van der Waals surface area contributed by atoms with Gasteiger partial charge in [0.1, 0.15) is 5.76 Å². The highest BCUT2D eigenvalue weighted by molar-refractivity contribution is 5.59. The van der Waals surface area contributed by atoms with Gasteiger partial charge < -0.3 is 8.94 Å². The van der Waals surface area contributed by atoms with E-state index in [1.54, 1.807) is 0 Å². The second-order valence-corrected chi connectivity index (χ2v) is 6.97. The highest BCUT2D eigenvalue weighted by Crippen LogP contribution is 2.29. The molecule has 0 atom stereocenters. The van der Waals surface area contributed by atoms with Crippen molar-refractivity contribution >= 4 is 0 Å². The van der Waals surface area contributed by atoms with Gasteiger partial charge in [0, 0.05) is 17.0 Å². The van der Waals surface area contributed by atoms with Crippen LogP contribution in [0.2, 0.25) is 0 Å². The second kappa shape index (κ2) is 5.33. The molecule has 5 nitrogen and oxygen atoms in total. The molecule has 3 aromatic rings. The summed E-state index contributed by atoms with van der Waals surface area (Å²) < 4.78 is 11.2. The number of hydrogen-bond acceptors (Lipinski definition) is 5. The zero-order valence-electron chi connectivity index (χ0n) is 14.4. The molecule has 0 unspecified atom stereocenters. The molecule has 0 aliphatic carbocycles. The van der Waals surface area contributed by atoms with Crippen molar-refractivity contribution < 1.29 is 8.94 Å². The van der Waals surface area contributed by atoms with Gasteiger partial charge in [0.25, 0.3) is 5.89 Å². The summed E-state index contributed by atoms with van der Waals surface area (Å²) in [4.78, 5) is 0. The molecular formula is C18H21N3O2. The highest BCUT2D eigenvalue weighted by Gasteiger charge is 2.22. The van der Waals surface area contributed by atoms with Crippen molar-refractivity contribution in [2.45, 2.75) is 47.0 Å². The Morgan fingerprint density at radius 2 is 1.48 bits per heavy atom. The molecule has 5 heteroatoms. The third-order valence-electron chi connectivity index (χ3n) is 4.07. The van der Waals surface area contributed by atoms with E-state index in [4.69, 9.17) is 8.94 Å². The van der Waals surface area contributed by atoms with E-state index in [9.17, 15) is 0 Å². The van der Waals surface area contributed by atoms with Gasteiger partial charge in [-0.25, -0.2) is 0 Å². The van der Waals surface area contributed by atoms with Crippen LogP contribution in [0.5, 0.6) is 0 Å². The Morgan fingerprint density at radius 3 is 2.04 bits per heavy atom. The maximum absolute atomic E-state index is 5.79. The van der Waals surface area contributed by atoms with Gasteiger partial charge in [-0.2, -0.15) is 0 Å². The Bertz CT molecular complexity index is 830. The lowest BCUT2D eigenvalue weighted by Gasteiger charge is -2.11. The van der Waals surface area contributed by atoms with E-state index in [-0.39, 0.29) is 5.41 Å². The van der Waals surface area contributed by atoms with Crippen molar-refractivity contribution in [3.8, 4) is 23.0 Å². The zero-order valence-corrected chi connectivity index (χ0v) is 14.4. The molecule has 0 bridgehead atoms. The molecule has 3 rings (SSSR count). The SMILES string of the molecule is Cc1cc(-c2nnc(-c3cc(C(C)(C)C)on3)o2)cc(C)c1C. The van der Waals surface area contributed by atoms with E-state index in [0.717, 1.165) is 11.3 Å². The van der Waals surface area contributed by atoms with E-state index >= 15 is 0 Å². The average Bonchev–Trinajstić information content (AvgIpc) is 3.11. The predicted molar refractivity (Wildman–Crippen MR) is 88.1 cm³/mol. The molecule has 0 aliphatic rings. The third kappa shape index (κ3) is 2.91. The van der Waals surface area contributed by atoms with Crippen LogP contribution >= 0.6 is 0 Å². The number of aromatic nitrogens is 3. The summed E-state index contributed by atoms with van der Waals surface area (Å²) in [5.74, 6) is 1.65. The largest absolute Gasteiger partial charge is 0.414 e. The Morgan fingerprint density at radius 1 is 0.870 bits per heavy atom. The lowest BCUT2D eigenvalue weighted by Crippen LogP contribution is -2.09. The molecule has 0 radical (unpaired) electrons. The Labute approximate surface area is 135 Å². The van der Waals surface area contributed by atoms with E-state index < -0.39 is 0 Å². The van der Waals surface area contributed by atoms with Crippen molar-refractivity contribution in [2.24, 2.45) is 0 Å². The summed E-state index contributed by atoms with van der Waals surface area (Å²) in [6.07, 6.45) is 0. The fraction of sp³-hybridized carbons (Fsp3) is 0.389. The second-order valence-electron chi connectivity index (χ2n) is 6.97. The van der Waals surface area contributed by atoms with Crippen LogP contribution in [0, 0.1) is 20.8 Å². The molecule has 1 aromatic carbocycles. The molecule has 0 fully saturated rings. The first kappa shape index (κ1) is 15.5. The van der Waals surface area contributed by atoms with Crippen molar-refractivity contribution in [2.75, 3.05) is 0 Å². The molecule has 0 amide bonds. The maximum Gasteiger partial charge on any atom is 0.270 e. The minimum Gasteiger partial charge on any atom is -0.414 e. The van der Waals surface area contributed by atoms with Gasteiger partial charge in [0.15, 0.2) is 5.69 Å². The minimum absolute atomic E-state index is 0.112. The highest BCUT2D eigenvalue weighted by atomic mass is 16.5. The van der Waals surface area contributed by atoms with Crippen molar-refractivity contribution in [1.29, 1.82) is 0 Å². The predicted octanol–water partition coefficient (Wildman–Crippen LogP) is 4.61. The summed E-state index contributed by atoms with van der Waals surface area (Å²) in [5.41, 5.74) is 5.06. The van der Waals surface area contributed by atoms with Crippen molar-refractivity contribution in [3.63, 3.8) is 0 Å². The number of rotatable bonds is 2. The van der Waals surface area contributed by atoms with Crippen molar-refractivity contribution in [3.05, 3.63) is 40.6 Å². The lowest BCUT2D eigenvalue weighted by molar-refractivity contribution is 0.329. The molecule has 2 heterocycles. The Kier molecular flexibility index (Phi) is 3.59. The van der Waals surface area contributed by atoms with Crippen LogP contribution in [0.15, 0.2) is 27.1 Å². The topological polar surface area (TPSA) is 65.0 Å². The summed E-state index contributed by atoms with van der Waals surface area (Å²) >= 11 is 0. The summed E-state index contributed by atoms with van der Waals surface area (Å²) in [6, 6.07) is 5.97. The van der Waals surface area contributed by atoms with E-state index in [1.165, 1.54) is 16.7 Å². The number of benzene rings is 1. The lowest BCUT2D eigenvalue weighted by atomic mass is 9.93. The van der Waals surface area contributed by atoms with Gasteiger partial charge in [-0.3, -0.25) is 0 Å². The Balaban J connectivity index is 1.96. The smallest absolute Gasteiger partial charge is 0.270 e. The first-order chi connectivity index (χ1) is 10.8. The number of aryl methyl sites for hydroxylation is 2. The van der Waals surface area contributed by atoms with Crippen LogP contribution in [0.3, 0.4) is 0 Å². The quantitative estimate of drug-likeness (QED) is 0.691. The molecule has 23 heavy (non-hydrogen) atoms. The monoisotopic (exact) mass is 311 g/mol. The van der Waals surface area contributed by atoms with E-state index in [2.05, 4.69) is 69.0 Å². The van der Waals surface area contributed by atoms with E-state index in [0.29, 0.717) is 17.5 Å². The van der Waals surface area contributed by atoms with Gasteiger partial charge >= 0.3 is 0 Å². The first-order valence-corrected chi connectivity index (χ1v) is 7.65. The molecule has 120 valence electrons. The summed E-state index contributed by atoms with van der Waals surface area (Å²) in [6.45, 7) is 12.5. The van der Waals surface area contributed by atoms with Crippen molar-refractivity contribution in [1.82, 2.24) is 15.4 Å². The summed E-state index contributed by atoms with van der Waals surface area (Å²) in [7, 11) is 0. The molecule has 0 spiro atoms. The number of nitrogens with zero attached hydrogens (tertiary/aromatic N) is 3. The van der Waals surface area contributed by atoms with Crippen LogP contribution in [-0.2, 0) is 5.41 Å². The normalized spacial score (nSPS) is 11.9. The fourth-order valence-electron chi connectivity index (χ4n) is 2.33. The molecular weight excluding hydrogens is 290 g/mol. The van der Waals surface area contributed by atoms with E-state index in [1.807, 2.05) is 6.07 Å². The van der Waals surface area contributed by atoms with Crippen LogP contribution < -0.4 is 0 Å².